The fourth-order valence-corrected chi connectivity index (χ4v) is 3.35. The molecule has 1 saturated heterocycles. The highest BCUT2D eigenvalue weighted by atomic mass is 32.2. The molecule has 1 N–H and O–H groups in total. The third kappa shape index (κ3) is 6.28. The van der Waals surface area contributed by atoms with Crippen LogP contribution in [-0.2, 0) is 9.59 Å². The van der Waals surface area contributed by atoms with Crippen molar-refractivity contribution in [1.82, 2.24) is 15.1 Å². The van der Waals surface area contributed by atoms with E-state index in [0.717, 1.165) is 12.1 Å². The SMILES string of the molecule is CC(C)NC(=O)CN1CCN(C(=O)CSc2ccc(F)c(F)c2)CC1. The van der Waals surface area contributed by atoms with Crippen LogP contribution in [0.5, 0.6) is 0 Å². The van der Waals surface area contributed by atoms with Gasteiger partial charge in [-0.3, -0.25) is 14.5 Å². The second-order valence-electron chi connectivity index (χ2n) is 6.24. The fourth-order valence-electron chi connectivity index (χ4n) is 2.53. The Balaban J connectivity index is 1.73. The summed E-state index contributed by atoms with van der Waals surface area (Å²) in [5, 5.41) is 2.85. The van der Waals surface area contributed by atoms with Crippen LogP contribution >= 0.6 is 11.8 Å². The van der Waals surface area contributed by atoms with Crippen molar-refractivity contribution in [3.8, 4) is 0 Å². The van der Waals surface area contributed by atoms with E-state index in [1.54, 1.807) is 4.90 Å². The van der Waals surface area contributed by atoms with E-state index in [-0.39, 0.29) is 23.6 Å². The Morgan fingerprint density at radius 2 is 1.84 bits per heavy atom. The van der Waals surface area contributed by atoms with Crippen molar-refractivity contribution >= 4 is 23.6 Å². The van der Waals surface area contributed by atoms with E-state index in [1.165, 1.54) is 17.8 Å². The number of hydrogen-bond donors (Lipinski definition) is 1. The van der Waals surface area contributed by atoms with Gasteiger partial charge in [0.1, 0.15) is 0 Å². The molecule has 1 fully saturated rings. The van der Waals surface area contributed by atoms with E-state index >= 15 is 0 Å². The van der Waals surface area contributed by atoms with Crippen molar-refractivity contribution in [3.63, 3.8) is 0 Å². The molecule has 2 rings (SSSR count). The zero-order valence-corrected chi connectivity index (χ0v) is 15.2. The summed E-state index contributed by atoms with van der Waals surface area (Å²) in [5.41, 5.74) is 0. The number of thioether (sulfide) groups is 1. The van der Waals surface area contributed by atoms with Gasteiger partial charge in [-0.1, -0.05) is 0 Å². The summed E-state index contributed by atoms with van der Waals surface area (Å²) in [6, 6.07) is 3.73. The van der Waals surface area contributed by atoms with Crippen molar-refractivity contribution in [3.05, 3.63) is 29.8 Å². The Kier molecular flexibility index (Phi) is 7.19. The molecule has 5 nitrogen and oxygen atoms in total. The summed E-state index contributed by atoms with van der Waals surface area (Å²) in [6.45, 7) is 6.58. The number of amides is 2. The van der Waals surface area contributed by atoms with Crippen LogP contribution < -0.4 is 5.32 Å². The Morgan fingerprint density at radius 3 is 2.44 bits per heavy atom. The zero-order valence-electron chi connectivity index (χ0n) is 14.4. The average Bonchev–Trinajstić information content (AvgIpc) is 2.55. The Labute approximate surface area is 150 Å². The van der Waals surface area contributed by atoms with Crippen LogP contribution in [0, 0.1) is 11.6 Å². The maximum atomic E-state index is 13.2. The first-order valence-electron chi connectivity index (χ1n) is 8.22. The quantitative estimate of drug-likeness (QED) is 0.774. The minimum atomic E-state index is -0.911. The summed E-state index contributed by atoms with van der Waals surface area (Å²) >= 11 is 1.19. The number of piperazine rings is 1. The van der Waals surface area contributed by atoms with Crippen LogP contribution in [0.3, 0.4) is 0 Å². The molecule has 1 heterocycles. The van der Waals surface area contributed by atoms with E-state index < -0.39 is 11.6 Å². The summed E-state index contributed by atoms with van der Waals surface area (Å²) in [4.78, 5) is 28.3. The lowest BCUT2D eigenvalue weighted by atomic mass is 10.3. The third-order valence-electron chi connectivity index (χ3n) is 3.80. The van der Waals surface area contributed by atoms with Gasteiger partial charge in [0.05, 0.1) is 12.3 Å². The standard InChI is InChI=1S/C17H23F2N3O2S/c1-12(2)20-16(23)10-21-5-7-22(8-6-21)17(24)11-25-13-3-4-14(18)15(19)9-13/h3-4,9,12H,5-8,10-11H2,1-2H3,(H,20,23). The second kappa shape index (κ2) is 9.15. The van der Waals surface area contributed by atoms with Gasteiger partial charge < -0.3 is 10.2 Å². The predicted octanol–water partition coefficient (Wildman–Crippen LogP) is 1.73. The Hall–Kier alpha value is -1.67. The monoisotopic (exact) mass is 371 g/mol. The highest BCUT2D eigenvalue weighted by Gasteiger charge is 2.22. The molecule has 0 radical (unpaired) electrons. The molecule has 0 bridgehead atoms. The molecule has 25 heavy (non-hydrogen) atoms. The minimum Gasteiger partial charge on any atom is -0.353 e. The topological polar surface area (TPSA) is 52.7 Å². The number of rotatable bonds is 6. The molecule has 1 aliphatic heterocycles. The number of carbonyl (C=O) groups is 2. The lowest BCUT2D eigenvalue weighted by Gasteiger charge is -2.34. The zero-order chi connectivity index (χ0) is 18.4. The van der Waals surface area contributed by atoms with Gasteiger partial charge >= 0.3 is 0 Å². The van der Waals surface area contributed by atoms with E-state index in [1.807, 2.05) is 18.7 Å². The number of nitrogens with one attached hydrogen (secondary N) is 1. The Bertz CT molecular complexity index is 620. The van der Waals surface area contributed by atoms with Crippen molar-refractivity contribution in [2.75, 3.05) is 38.5 Å². The van der Waals surface area contributed by atoms with Gasteiger partial charge in [-0.2, -0.15) is 0 Å². The molecule has 0 atom stereocenters. The van der Waals surface area contributed by atoms with Gasteiger partial charge in [-0.15, -0.1) is 11.8 Å². The van der Waals surface area contributed by atoms with Crippen LogP contribution in [0.25, 0.3) is 0 Å². The molecule has 0 saturated carbocycles. The lowest BCUT2D eigenvalue weighted by Crippen LogP contribution is -2.51. The van der Waals surface area contributed by atoms with Crippen LogP contribution in [-0.4, -0.2) is 66.1 Å². The molecule has 2 amide bonds. The lowest BCUT2D eigenvalue weighted by molar-refractivity contribution is -0.130. The summed E-state index contributed by atoms with van der Waals surface area (Å²) in [7, 11) is 0. The van der Waals surface area contributed by atoms with Gasteiger partial charge in [-0.05, 0) is 32.0 Å². The average molecular weight is 371 g/mol. The van der Waals surface area contributed by atoms with Crippen molar-refractivity contribution in [1.29, 1.82) is 0 Å². The molecule has 1 aromatic carbocycles. The fraction of sp³-hybridized carbons (Fsp3) is 0.529. The minimum absolute atomic E-state index is 0.0105. The number of halogens is 2. The highest BCUT2D eigenvalue weighted by Crippen LogP contribution is 2.21. The molecule has 0 spiro atoms. The van der Waals surface area contributed by atoms with Gasteiger partial charge in [0.15, 0.2) is 11.6 Å². The molecule has 1 aliphatic rings. The molecular weight excluding hydrogens is 348 g/mol. The Morgan fingerprint density at radius 1 is 1.16 bits per heavy atom. The molecule has 0 aliphatic carbocycles. The van der Waals surface area contributed by atoms with Gasteiger partial charge in [0.2, 0.25) is 11.8 Å². The molecule has 8 heteroatoms. The largest absolute Gasteiger partial charge is 0.353 e. The van der Waals surface area contributed by atoms with Crippen LogP contribution in [0.15, 0.2) is 23.1 Å². The summed E-state index contributed by atoms with van der Waals surface area (Å²) in [6.07, 6.45) is 0. The van der Waals surface area contributed by atoms with Crippen LogP contribution in [0.2, 0.25) is 0 Å². The smallest absolute Gasteiger partial charge is 0.234 e. The first-order chi connectivity index (χ1) is 11.8. The third-order valence-corrected chi connectivity index (χ3v) is 4.77. The number of carbonyl (C=O) groups excluding carboxylic acids is 2. The van der Waals surface area contributed by atoms with Crippen molar-refractivity contribution in [2.24, 2.45) is 0 Å². The first-order valence-corrected chi connectivity index (χ1v) is 9.21. The van der Waals surface area contributed by atoms with Gasteiger partial charge in [0.25, 0.3) is 0 Å². The van der Waals surface area contributed by atoms with E-state index in [0.29, 0.717) is 37.6 Å². The van der Waals surface area contributed by atoms with Gasteiger partial charge in [0, 0.05) is 37.1 Å². The van der Waals surface area contributed by atoms with E-state index in [9.17, 15) is 18.4 Å². The van der Waals surface area contributed by atoms with Crippen molar-refractivity contribution < 1.29 is 18.4 Å². The van der Waals surface area contributed by atoms with Gasteiger partial charge in [-0.25, -0.2) is 8.78 Å². The molecule has 138 valence electrons. The number of nitrogens with zero attached hydrogens (tertiary/aromatic N) is 2. The maximum Gasteiger partial charge on any atom is 0.234 e. The molecule has 1 aromatic rings. The summed E-state index contributed by atoms with van der Waals surface area (Å²) in [5.74, 6) is -1.68. The molecular formula is C17H23F2N3O2S. The normalized spacial score (nSPS) is 15.5. The number of hydrogen-bond acceptors (Lipinski definition) is 4. The predicted molar refractivity (Wildman–Crippen MR) is 93.4 cm³/mol. The summed E-state index contributed by atoms with van der Waals surface area (Å²) < 4.78 is 26.1. The van der Waals surface area contributed by atoms with Crippen LogP contribution in [0.1, 0.15) is 13.8 Å². The van der Waals surface area contributed by atoms with Crippen LogP contribution in [0.4, 0.5) is 8.78 Å². The first kappa shape index (κ1) is 19.7. The number of benzene rings is 1. The van der Waals surface area contributed by atoms with Crippen molar-refractivity contribution in [2.45, 2.75) is 24.8 Å². The van der Waals surface area contributed by atoms with E-state index in [4.69, 9.17) is 0 Å². The highest BCUT2D eigenvalue weighted by molar-refractivity contribution is 8.00. The second-order valence-corrected chi connectivity index (χ2v) is 7.29. The molecule has 0 aromatic heterocycles. The molecule has 0 unspecified atom stereocenters. The van der Waals surface area contributed by atoms with E-state index in [2.05, 4.69) is 5.32 Å². The maximum absolute atomic E-state index is 13.2.